The highest BCUT2D eigenvalue weighted by Crippen LogP contribution is 2.16. The molecule has 0 unspecified atom stereocenters. The number of nitrogens with zero attached hydrogens (tertiary/aromatic N) is 2. The van der Waals surface area contributed by atoms with Crippen molar-refractivity contribution in [3.05, 3.63) is 58.5 Å². The second-order valence-electron chi connectivity index (χ2n) is 5.14. The highest BCUT2D eigenvalue weighted by atomic mass is 35.5. The van der Waals surface area contributed by atoms with Crippen LogP contribution in [0.5, 0.6) is 0 Å². The lowest BCUT2D eigenvalue weighted by Crippen LogP contribution is -2.37. The number of amides is 3. The summed E-state index contributed by atoms with van der Waals surface area (Å²) in [5.41, 5.74) is 5.53. The largest absolute Gasteiger partial charge is 0.364 e. The van der Waals surface area contributed by atoms with Crippen molar-refractivity contribution in [2.75, 3.05) is 12.4 Å². The van der Waals surface area contributed by atoms with Crippen LogP contribution in [0.3, 0.4) is 0 Å². The fourth-order valence-electron chi connectivity index (χ4n) is 1.97. The second-order valence-corrected chi connectivity index (χ2v) is 5.54. The van der Waals surface area contributed by atoms with E-state index in [4.69, 9.17) is 17.3 Å². The molecule has 1 aromatic carbocycles. The van der Waals surface area contributed by atoms with Gasteiger partial charge in [0, 0.05) is 13.6 Å². The molecule has 1 heterocycles. The third-order valence-corrected chi connectivity index (χ3v) is 3.49. The first-order valence-electron chi connectivity index (χ1n) is 7.05. The minimum Gasteiger partial charge on any atom is -0.364 e. The number of likely N-dealkylation sites (N-methyl/N-ethyl adjacent to an activating group) is 1. The Morgan fingerprint density at radius 3 is 2.64 bits per heavy atom. The van der Waals surface area contributed by atoms with Crippen LogP contribution in [0.2, 0.25) is 5.02 Å². The van der Waals surface area contributed by atoms with Gasteiger partial charge < -0.3 is 16.0 Å². The van der Waals surface area contributed by atoms with Crippen LogP contribution in [-0.2, 0) is 16.1 Å². The maximum absolute atomic E-state index is 13.4. The number of hydrogen-bond donors (Lipinski definition) is 2. The molecule has 0 bridgehead atoms. The van der Waals surface area contributed by atoms with Crippen LogP contribution in [-0.4, -0.2) is 34.7 Å². The van der Waals surface area contributed by atoms with Crippen molar-refractivity contribution in [2.24, 2.45) is 5.73 Å². The molecule has 0 saturated heterocycles. The molecule has 1 aromatic heterocycles. The van der Waals surface area contributed by atoms with Crippen molar-refractivity contribution in [1.82, 2.24) is 9.88 Å². The van der Waals surface area contributed by atoms with Crippen LogP contribution in [0.1, 0.15) is 16.1 Å². The van der Waals surface area contributed by atoms with E-state index in [1.165, 1.54) is 37.4 Å². The van der Waals surface area contributed by atoms with Gasteiger partial charge in [-0.15, -0.1) is 0 Å². The number of carbonyl (C=O) groups excluding carboxylic acids is 3. The quantitative estimate of drug-likeness (QED) is 0.803. The van der Waals surface area contributed by atoms with Crippen LogP contribution in [0.25, 0.3) is 0 Å². The van der Waals surface area contributed by atoms with Crippen molar-refractivity contribution < 1.29 is 18.8 Å². The third kappa shape index (κ3) is 4.74. The number of aromatic nitrogens is 1. The van der Waals surface area contributed by atoms with Crippen LogP contribution < -0.4 is 11.1 Å². The lowest BCUT2D eigenvalue weighted by atomic mass is 10.2. The summed E-state index contributed by atoms with van der Waals surface area (Å²) in [6.07, 6.45) is 0. The molecule has 0 aliphatic heterocycles. The molecule has 3 amide bonds. The Bertz CT molecular complexity index is 844. The van der Waals surface area contributed by atoms with E-state index in [1.807, 2.05) is 0 Å². The second kappa shape index (κ2) is 7.71. The van der Waals surface area contributed by atoms with E-state index in [-0.39, 0.29) is 23.1 Å². The Morgan fingerprint density at radius 2 is 2.00 bits per heavy atom. The monoisotopic (exact) mass is 364 g/mol. The van der Waals surface area contributed by atoms with Crippen LogP contribution in [0.4, 0.5) is 10.2 Å². The Morgan fingerprint density at radius 1 is 1.28 bits per heavy atom. The van der Waals surface area contributed by atoms with Gasteiger partial charge in [0.15, 0.2) is 0 Å². The molecule has 0 fully saturated rings. The van der Waals surface area contributed by atoms with Gasteiger partial charge in [-0.1, -0.05) is 23.7 Å². The normalized spacial score (nSPS) is 10.2. The summed E-state index contributed by atoms with van der Waals surface area (Å²) >= 11 is 5.60. The minimum atomic E-state index is -0.953. The molecule has 0 aliphatic rings. The standard InChI is InChI=1S/C16H14ClFN4O3/c1-22(8-9-5-6-10(17)11(18)7-9)16(25)15(24)21-13-4-2-3-12(20-13)14(19)23/h2-7H,8H2,1H3,(H2,19,23)(H,20,21,24). The maximum atomic E-state index is 13.4. The summed E-state index contributed by atoms with van der Waals surface area (Å²) < 4.78 is 13.4. The van der Waals surface area contributed by atoms with E-state index in [1.54, 1.807) is 6.07 Å². The summed E-state index contributed by atoms with van der Waals surface area (Å²) in [4.78, 5) is 40.1. The van der Waals surface area contributed by atoms with Crippen LogP contribution >= 0.6 is 11.6 Å². The van der Waals surface area contributed by atoms with Crippen LogP contribution in [0.15, 0.2) is 36.4 Å². The van der Waals surface area contributed by atoms with Gasteiger partial charge in [-0.2, -0.15) is 0 Å². The molecule has 7 nitrogen and oxygen atoms in total. The molecule has 25 heavy (non-hydrogen) atoms. The Labute approximate surface area is 147 Å². The lowest BCUT2D eigenvalue weighted by Gasteiger charge is -2.17. The number of nitrogens with one attached hydrogen (secondary N) is 1. The van der Waals surface area contributed by atoms with E-state index >= 15 is 0 Å². The van der Waals surface area contributed by atoms with E-state index in [0.29, 0.717) is 5.56 Å². The molecular weight excluding hydrogens is 351 g/mol. The average Bonchev–Trinajstić information content (AvgIpc) is 2.57. The molecule has 0 atom stereocenters. The predicted molar refractivity (Wildman–Crippen MR) is 89.3 cm³/mol. The Hall–Kier alpha value is -3.00. The number of pyridine rings is 1. The van der Waals surface area contributed by atoms with Gasteiger partial charge >= 0.3 is 11.8 Å². The van der Waals surface area contributed by atoms with Crippen molar-refractivity contribution in [2.45, 2.75) is 6.54 Å². The number of primary amides is 1. The number of anilines is 1. The fourth-order valence-corrected chi connectivity index (χ4v) is 2.09. The van der Waals surface area contributed by atoms with E-state index in [2.05, 4.69) is 10.3 Å². The maximum Gasteiger partial charge on any atom is 0.315 e. The number of halogens is 2. The summed E-state index contributed by atoms with van der Waals surface area (Å²) in [7, 11) is 1.39. The first-order chi connectivity index (χ1) is 11.8. The number of benzene rings is 1. The van der Waals surface area contributed by atoms with E-state index in [0.717, 1.165) is 4.90 Å². The molecule has 9 heteroatoms. The van der Waals surface area contributed by atoms with Crippen LogP contribution in [0, 0.1) is 5.82 Å². The van der Waals surface area contributed by atoms with Crippen molar-refractivity contribution >= 4 is 35.1 Å². The van der Waals surface area contributed by atoms with Gasteiger partial charge in [0.2, 0.25) is 0 Å². The van der Waals surface area contributed by atoms with Gasteiger partial charge in [0.05, 0.1) is 5.02 Å². The molecule has 0 radical (unpaired) electrons. The van der Waals surface area contributed by atoms with Crippen molar-refractivity contribution in [3.63, 3.8) is 0 Å². The highest BCUT2D eigenvalue weighted by Gasteiger charge is 2.20. The van der Waals surface area contributed by atoms with Crippen molar-refractivity contribution in [1.29, 1.82) is 0 Å². The predicted octanol–water partition coefficient (Wildman–Crippen LogP) is 1.57. The number of rotatable bonds is 4. The summed E-state index contributed by atoms with van der Waals surface area (Å²) in [6, 6.07) is 8.34. The molecular formula is C16H14ClFN4O3. The molecule has 2 aromatic rings. The zero-order valence-electron chi connectivity index (χ0n) is 13.1. The molecule has 2 rings (SSSR count). The molecule has 0 spiro atoms. The summed E-state index contributed by atoms with van der Waals surface area (Å²) in [6.45, 7) is 0.00902. The van der Waals surface area contributed by atoms with Gasteiger partial charge in [-0.3, -0.25) is 14.4 Å². The zero-order valence-corrected chi connectivity index (χ0v) is 13.9. The summed E-state index contributed by atoms with van der Waals surface area (Å²) in [5, 5.41) is 2.25. The number of hydrogen-bond acceptors (Lipinski definition) is 4. The van der Waals surface area contributed by atoms with Gasteiger partial charge in [0.25, 0.3) is 5.91 Å². The first kappa shape index (κ1) is 18.3. The molecule has 0 saturated carbocycles. The molecule has 130 valence electrons. The average molecular weight is 365 g/mol. The molecule has 0 aliphatic carbocycles. The van der Waals surface area contributed by atoms with E-state index in [9.17, 15) is 18.8 Å². The Kier molecular flexibility index (Phi) is 5.66. The van der Waals surface area contributed by atoms with Gasteiger partial charge in [-0.05, 0) is 29.8 Å². The van der Waals surface area contributed by atoms with Gasteiger partial charge in [-0.25, -0.2) is 9.37 Å². The van der Waals surface area contributed by atoms with E-state index < -0.39 is 23.5 Å². The number of nitrogens with two attached hydrogens (primary N) is 1. The summed E-state index contributed by atoms with van der Waals surface area (Å²) in [5.74, 6) is -3.17. The third-order valence-electron chi connectivity index (χ3n) is 3.19. The molecule has 3 N–H and O–H groups in total. The Balaban J connectivity index is 2.03. The lowest BCUT2D eigenvalue weighted by molar-refractivity contribution is -0.142. The topological polar surface area (TPSA) is 105 Å². The number of carbonyl (C=O) groups is 3. The van der Waals surface area contributed by atoms with Gasteiger partial charge in [0.1, 0.15) is 17.3 Å². The minimum absolute atomic E-state index is 0.00902. The van der Waals surface area contributed by atoms with Crippen molar-refractivity contribution in [3.8, 4) is 0 Å². The first-order valence-corrected chi connectivity index (χ1v) is 7.43. The zero-order chi connectivity index (χ0) is 18.6. The fraction of sp³-hybridized carbons (Fsp3) is 0.125. The smallest absolute Gasteiger partial charge is 0.315 e. The highest BCUT2D eigenvalue weighted by molar-refractivity contribution is 6.39. The SMILES string of the molecule is CN(Cc1ccc(Cl)c(F)c1)C(=O)C(=O)Nc1cccc(C(N)=O)n1.